The zero-order chi connectivity index (χ0) is 17.0. The summed E-state index contributed by atoms with van der Waals surface area (Å²) in [7, 11) is 0. The van der Waals surface area contributed by atoms with Crippen LogP contribution in [0.3, 0.4) is 0 Å². The number of halogens is 3. The van der Waals surface area contributed by atoms with Crippen molar-refractivity contribution in [2.45, 2.75) is 12.7 Å². The predicted molar refractivity (Wildman–Crippen MR) is 73.0 cm³/mol. The van der Waals surface area contributed by atoms with Crippen LogP contribution in [0.4, 0.5) is 13.2 Å². The third-order valence-electron chi connectivity index (χ3n) is 2.80. The molecule has 0 aliphatic heterocycles. The summed E-state index contributed by atoms with van der Waals surface area (Å²) in [6, 6.07) is 4.83. The van der Waals surface area contributed by atoms with Crippen LogP contribution in [0, 0.1) is 0 Å². The maximum Gasteiger partial charge on any atom is 0.405 e. The van der Waals surface area contributed by atoms with E-state index in [9.17, 15) is 27.6 Å². The van der Waals surface area contributed by atoms with E-state index >= 15 is 0 Å². The first-order chi connectivity index (χ1) is 10.8. The Bertz CT molecular complexity index is 812. The van der Waals surface area contributed by atoms with Crippen LogP contribution in [0.25, 0.3) is 0 Å². The molecule has 2 N–H and O–H groups in total. The number of carbonyl (C=O) groups excluding carboxylic acids is 1. The van der Waals surface area contributed by atoms with Crippen LogP contribution in [0.1, 0.15) is 16.1 Å². The minimum Gasteiger partial charge on any atom is -0.343 e. The molecule has 0 spiro atoms. The first-order valence-corrected chi connectivity index (χ1v) is 6.35. The molecule has 1 amide bonds. The van der Waals surface area contributed by atoms with E-state index in [0.29, 0.717) is 10.3 Å². The standard InChI is InChI=1S/C13H11F3N4O3/c14-13(15,16)7-19-10(21)9-5-18-12(23)20(11(9)22)6-8-3-1-2-4-17-8/h1-5H,6-7H2,(H,18,23)(H,19,21). The van der Waals surface area contributed by atoms with E-state index in [-0.39, 0.29) is 6.54 Å². The van der Waals surface area contributed by atoms with Crippen molar-refractivity contribution < 1.29 is 18.0 Å². The van der Waals surface area contributed by atoms with Crippen molar-refractivity contribution in [1.29, 1.82) is 0 Å². The number of pyridine rings is 1. The fourth-order valence-electron chi connectivity index (χ4n) is 1.75. The quantitative estimate of drug-likeness (QED) is 0.842. The number of aromatic amines is 1. The average Bonchev–Trinajstić information content (AvgIpc) is 2.49. The lowest BCUT2D eigenvalue weighted by atomic mass is 10.3. The molecule has 0 unspecified atom stereocenters. The Morgan fingerprint density at radius 3 is 2.65 bits per heavy atom. The van der Waals surface area contributed by atoms with Gasteiger partial charge in [0.2, 0.25) is 0 Å². The van der Waals surface area contributed by atoms with Gasteiger partial charge in [-0.15, -0.1) is 0 Å². The number of alkyl halides is 3. The van der Waals surface area contributed by atoms with Gasteiger partial charge in [0.25, 0.3) is 11.5 Å². The van der Waals surface area contributed by atoms with Crippen molar-refractivity contribution in [2.24, 2.45) is 0 Å². The van der Waals surface area contributed by atoms with Gasteiger partial charge in [-0.05, 0) is 12.1 Å². The van der Waals surface area contributed by atoms with Crippen LogP contribution < -0.4 is 16.6 Å². The molecule has 0 saturated carbocycles. The van der Waals surface area contributed by atoms with Gasteiger partial charge in [0, 0.05) is 12.4 Å². The molecule has 0 fully saturated rings. The molecule has 0 aliphatic carbocycles. The summed E-state index contributed by atoms with van der Waals surface area (Å²) in [5.41, 5.74) is -2.01. The first-order valence-electron chi connectivity index (χ1n) is 6.35. The van der Waals surface area contributed by atoms with Crippen molar-refractivity contribution in [2.75, 3.05) is 6.54 Å². The summed E-state index contributed by atoms with van der Waals surface area (Å²) in [4.78, 5) is 41.6. The second-order valence-electron chi connectivity index (χ2n) is 4.52. The zero-order valence-corrected chi connectivity index (χ0v) is 11.6. The molecule has 0 aromatic carbocycles. The number of nitrogens with zero attached hydrogens (tertiary/aromatic N) is 2. The van der Waals surface area contributed by atoms with Gasteiger partial charge in [-0.3, -0.25) is 19.1 Å². The topological polar surface area (TPSA) is 96.8 Å². The van der Waals surface area contributed by atoms with Gasteiger partial charge in [0.05, 0.1) is 12.2 Å². The molecule has 122 valence electrons. The van der Waals surface area contributed by atoms with E-state index in [1.807, 2.05) is 0 Å². The number of aromatic nitrogens is 3. The molecule has 0 bridgehead atoms. The second kappa shape index (κ2) is 6.46. The lowest BCUT2D eigenvalue weighted by molar-refractivity contribution is -0.123. The number of rotatable bonds is 4. The molecular formula is C13H11F3N4O3. The van der Waals surface area contributed by atoms with Crippen LogP contribution in [0.15, 0.2) is 40.2 Å². The van der Waals surface area contributed by atoms with Crippen LogP contribution in [0.2, 0.25) is 0 Å². The number of carbonyl (C=O) groups is 1. The highest BCUT2D eigenvalue weighted by Gasteiger charge is 2.28. The average molecular weight is 328 g/mol. The summed E-state index contributed by atoms with van der Waals surface area (Å²) in [6.45, 7) is -1.79. The number of nitrogens with one attached hydrogen (secondary N) is 2. The fourth-order valence-corrected chi connectivity index (χ4v) is 1.75. The van der Waals surface area contributed by atoms with E-state index in [2.05, 4.69) is 9.97 Å². The Morgan fingerprint density at radius 2 is 2.04 bits per heavy atom. The molecule has 0 aliphatic rings. The number of hydrogen-bond donors (Lipinski definition) is 2. The molecule has 0 atom stereocenters. The summed E-state index contributed by atoms with van der Waals surface area (Å²) in [5.74, 6) is -1.22. The van der Waals surface area contributed by atoms with E-state index in [0.717, 1.165) is 6.20 Å². The summed E-state index contributed by atoms with van der Waals surface area (Å²) < 4.78 is 37.0. The van der Waals surface area contributed by atoms with Gasteiger partial charge in [-0.2, -0.15) is 13.2 Å². The number of amides is 1. The van der Waals surface area contributed by atoms with E-state index < -0.39 is 35.4 Å². The smallest absolute Gasteiger partial charge is 0.343 e. The SMILES string of the molecule is O=C(NCC(F)(F)F)c1c[nH]c(=O)n(Cc2ccccn2)c1=O. The van der Waals surface area contributed by atoms with Gasteiger partial charge in [-0.25, -0.2) is 4.79 Å². The van der Waals surface area contributed by atoms with Crippen molar-refractivity contribution in [3.05, 3.63) is 62.7 Å². The van der Waals surface area contributed by atoms with Crippen LogP contribution in [0.5, 0.6) is 0 Å². The van der Waals surface area contributed by atoms with Gasteiger partial charge in [0.15, 0.2) is 0 Å². The first kappa shape index (κ1) is 16.5. The molecule has 7 nitrogen and oxygen atoms in total. The minimum atomic E-state index is -4.61. The maximum absolute atomic E-state index is 12.1. The van der Waals surface area contributed by atoms with Crippen LogP contribution >= 0.6 is 0 Å². The second-order valence-corrected chi connectivity index (χ2v) is 4.52. The zero-order valence-electron chi connectivity index (χ0n) is 11.6. The summed E-state index contributed by atoms with van der Waals surface area (Å²) in [6.07, 6.45) is -2.37. The van der Waals surface area contributed by atoms with Crippen molar-refractivity contribution in [3.8, 4) is 0 Å². The van der Waals surface area contributed by atoms with Crippen molar-refractivity contribution in [1.82, 2.24) is 19.9 Å². The third-order valence-corrected chi connectivity index (χ3v) is 2.80. The Hall–Kier alpha value is -2.91. The Labute approximate surface area is 126 Å². The third kappa shape index (κ3) is 4.28. The molecule has 0 saturated heterocycles. The van der Waals surface area contributed by atoms with Gasteiger partial charge in [0.1, 0.15) is 12.1 Å². The lowest BCUT2D eigenvalue weighted by Gasteiger charge is -2.09. The molecular weight excluding hydrogens is 317 g/mol. The number of hydrogen-bond acceptors (Lipinski definition) is 4. The fraction of sp³-hybridized carbons (Fsp3) is 0.231. The van der Waals surface area contributed by atoms with E-state index in [1.165, 1.54) is 6.20 Å². The van der Waals surface area contributed by atoms with E-state index in [1.54, 1.807) is 23.5 Å². The summed E-state index contributed by atoms with van der Waals surface area (Å²) >= 11 is 0. The lowest BCUT2D eigenvalue weighted by Crippen LogP contribution is -2.42. The van der Waals surface area contributed by atoms with Crippen molar-refractivity contribution in [3.63, 3.8) is 0 Å². The molecule has 10 heteroatoms. The number of H-pyrrole nitrogens is 1. The van der Waals surface area contributed by atoms with Crippen LogP contribution in [-0.2, 0) is 6.54 Å². The molecule has 0 radical (unpaired) electrons. The minimum absolute atomic E-state index is 0.213. The van der Waals surface area contributed by atoms with Gasteiger partial charge in [-0.1, -0.05) is 6.07 Å². The molecule has 2 aromatic heterocycles. The Kier molecular flexibility index (Phi) is 4.63. The molecule has 2 heterocycles. The highest BCUT2D eigenvalue weighted by atomic mass is 19.4. The van der Waals surface area contributed by atoms with Crippen LogP contribution in [-0.4, -0.2) is 33.2 Å². The molecule has 2 rings (SSSR count). The monoisotopic (exact) mass is 328 g/mol. The Balaban J connectivity index is 2.30. The maximum atomic E-state index is 12.1. The normalized spacial score (nSPS) is 11.3. The van der Waals surface area contributed by atoms with Crippen molar-refractivity contribution >= 4 is 5.91 Å². The van der Waals surface area contributed by atoms with E-state index in [4.69, 9.17) is 0 Å². The highest BCUT2D eigenvalue weighted by Crippen LogP contribution is 2.12. The molecule has 2 aromatic rings. The highest BCUT2D eigenvalue weighted by molar-refractivity contribution is 5.93. The summed E-state index contributed by atoms with van der Waals surface area (Å²) in [5, 5.41) is 1.58. The van der Waals surface area contributed by atoms with Gasteiger partial charge >= 0.3 is 11.9 Å². The van der Waals surface area contributed by atoms with Gasteiger partial charge < -0.3 is 10.3 Å². The largest absolute Gasteiger partial charge is 0.405 e. The predicted octanol–water partition coefficient (Wildman–Crippen LogP) is 0.272. The molecule has 23 heavy (non-hydrogen) atoms. The Morgan fingerprint density at radius 1 is 1.30 bits per heavy atom.